The van der Waals surface area contributed by atoms with E-state index in [1.807, 2.05) is 13.1 Å². The van der Waals surface area contributed by atoms with Gasteiger partial charge in [-0.2, -0.15) is 13.2 Å². The number of aliphatic hydroxyl groups excluding tert-OH is 1. The quantitative estimate of drug-likeness (QED) is 0.849. The lowest BCUT2D eigenvalue weighted by Gasteiger charge is -2.36. The van der Waals surface area contributed by atoms with Gasteiger partial charge >= 0.3 is 6.18 Å². The Morgan fingerprint density at radius 2 is 1.76 bits per heavy atom. The minimum Gasteiger partial charge on any atom is -0.411 e. The van der Waals surface area contributed by atoms with Gasteiger partial charge in [0.05, 0.1) is 18.9 Å². The van der Waals surface area contributed by atoms with Crippen molar-refractivity contribution in [3.63, 3.8) is 0 Å². The molecule has 0 radical (unpaired) electrons. The highest BCUT2D eigenvalue weighted by Crippen LogP contribution is 2.37. The van der Waals surface area contributed by atoms with Crippen LogP contribution in [-0.2, 0) is 23.8 Å². The van der Waals surface area contributed by atoms with Crippen molar-refractivity contribution in [3.05, 3.63) is 29.1 Å². The van der Waals surface area contributed by atoms with Gasteiger partial charge < -0.3 is 9.53 Å². The summed E-state index contributed by atoms with van der Waals surface area (Å²) in [5.74, 6) is 0. The first kappa shape index (κ1) is 18.1. The third kappa shape index (κ3) is 4.79. The monoisotopic (exact) mass is 321 g/mol. The van der Waals surface area contributed by atoms with Crippen LogP contribution in [0.25, 0.3) is 0 Å². The van der Waals surface area contributed by atoms with Gasteiger partial charge in [-0.15, -0.1) is 0 Å². The molecule has 0 bridgehead atoms. The second-order valence-electron chi connectivity index (χ2n) is 6.56. The summed E-state index contributed by atoms with van der Waals surface area (Å²) in [5.41, 5.74) is -0.618. The van der Waals surface area contributed by atoms with Gasteiger partial charge in [-0.1, -0.05) is 20.8 Å². The zero-order chi connectivity index (χ0) is 16.5. The maximum Gasteiger partial charge on any atom is 0.433 e. The van der Waals surface area contributed by atoms with E-state index in [2.05, 4.69) is 25.8 Å². The average molecular weight is 321 g/mol. The van der Waals surface area contributed by atoms with Crippen LogP contribution >= 0.6 is 0 Å². The number of aromatic nitrogens is 1. The molecule has 0 aliphatic heterocycles. The maximum atomic E-state index is 12.8. The Morgan fingerprint density at radius 1 is 1.19 bits per heavy atom. The summed E-state index contributed by atoms with van der Waals surface area (Å²) in [6.07, 6.45) is -4.53. The Hall–Kier alpha value is -0.923. The fraction of sp³-hybridized carbons (Fsp3) is 0.643. The summed E-state index contributed by atoms with van der Waals surface area (Å²) in [5, 5.41) is 9.05. The van der Waals surface area contributed by atoms with Crippen molar-refractivity contribution >= 4 is 8.32 Å². The summed E-state index contributed by atoms with van der Waals surface area (Å²) < 4.78 is 44.2. The van der Waals surface area contributed by atoms with E-state index < -0.39 is 26.8 Å². The number of halogens is 3. The molecular weight excluding hydrogens is 299 g/mol. The second kappa shape index (κ2) is 6.06. The van der Waals surface area contributed by atoms with Gasteiger partial charge in [0.25, 0.3) is 0 Å². The van der Waals surface area contributed by atoms with Gasteiger partial charge in [-0.05, 0) is 35.8 Å². The molecule has 1 aromatic rings. The van der Waals surface area contributed by atoms with Crippen LogP contribution in [-0.4, -0.2) is 18.4 Å². The highest BCUT2D eigenvalue weighted by molar-refractivity contribution is 6.74. The Morgan fingerprint density at radius 3 is 2.19 bits per heavy atom. The maximum absolute atomic E-state index is 12.8. The predicted octanol–water partition coefficient (Wildman–Crippen LogP) is 4.11. The lowest BCUT2D eigenvalue weighted by Crippen LogP contribution is -2.40. The molecular formula is C14H22F3NO2Si. The molecule has 0 saturated carbocycles. The molecule has 1 rings (SSSR count). The molecule has 0 aliphatic rings. The Balaban J connectivity index is 2.99. The molecule has 7 heteroatoms. The first-order valence-corrected chi connectivity index (χ1v) is 9.59. The van der Waals surface area contributed by atoms with E-state index in [1.165, 1.54) is 6.07 Å². The molecule has 0 amide bonds. The third-order valence-electron chi connectivity index (χ3n) is 3.80. The van der Waals surface area contributed by atoms with E-state index in [0.29, 0.717) is 0 Å². The van der Waals surface area contributed by atoms with E-state index in [-0.39, 0.29) is 22.9 Å². The smallest absolute Gasteiger partial charge is 0.411 e. The topological polar surface area (TPSA) is 42.4 Å². The molecule has 0 unspecified atom stereocenters. The number of rotatable bonds is 4. The van der Waals surface area contributed by atoms with Crippen molar-refractivity contribution in [2.24, 2.45) is 0 Å². The Bertz CT molecular complexity index is 496. The zero-order valence-corrected chi connectivity index (χ0v) is 14.0. The van der Waals surface area contributed by atoms with Gasteiger partial charge in [0.1, 0.15) is 5.69 Å². The molecule has 0 fully saturated rings. The molecule has 120 valence electrons. The lowest BCUT2D eigenvalue weighted by atomic mass is 10.2. The van der Waals surface area contributed by atoms with Gasteiger partial charge in [0.2, 0.25) is 0 Å². The molecule has 1 aromatic heterocycles. The van der Waals surface area contributed by atoms with Crippen molar-refractivity contribution in [1.29, 1.82) is 0 Å². The van der Waals surface area contributed by atoms with Gasteiger partial charge in [-0.25, -0.2) is 4.98 Å². The number of pyridine rings is 1. The van der Waals surface area contributed by atoms with Crippen LogP contribution in [0.3, 0.4) is 0 Å². The van der Waals surface area contributed by atoms with E-state index >= 15 is 0 Å². The summed E-state index contributed by atoms with van der Waals surface area (Å²) in [4.78, 5) is 3.60. The fourth-order valence-electron chi connectivity index (χ4n) is 1.43. The van der Waals surface area contributed by atoms with E-state index in [4.69, 9.17) is 9.53 Å². The van der Waals surface area contributed by atoms with Gasteiger partial charge in [0, 0.05) is 0 Å². The van der Waals surface area contributed by atoms with Gasteiger partial charge in [-0.3, -0.25) is 0 Å². The summed E-state index contributed by atoms with van der Waals surface area (Å²) in [7, 11) is -2.06. The van der Waals surface area contributed by atoms with Crippen LogP contribution in [0.15, 0.2) is 12.1 Å². The number of alkyl halides is 3. The highest BCUT2D eigenvalue weighted by atomic mass is 28.4. The van der Waals surface area contributed by atoms with Crippen molar-refractivity contribution in [2.45, 2.75) is 58.3 Å². The zero-order valence-electron chi connectivity index (χ0n) is 13.0. The first-order chi connectivity index (χ1) is 9.37. The first-order valence-electron chi connectivity index (χ1n) is 6.68. The molecule has 3 nitrogen and oxygen atoms in total. The lowest BCUT2D eigenvalue weighted by molar-refractivity contribution is -0.141. The summed E-state index contributed by atoms with van der Waals surface area (Å²) in [6.45, 7) is 9.76. The predicted molar refractivity (Wildman–Crippen MR) is 77.1 cm³/mol. The van der Waals surface area contributed by atoms with Crippen LogP contribution in [0.2, 0.25) is 18.1 Å². The SMILES string of the molecule is CC(C)(C)[Si](C)(C)OCc1cc(CO)cc(C(F)(F)F)n1. The standard InChI is InChI=1S/C14H22F3NO2Si/c1-13(2,3)21(4,5)20-9-11-6-10(8-19)7-12(18-11)14(15,16)17/h6-7,19H,8-9H2,1-5H3. The van der Waals surface area contributed by atoms with Crippen LogP contribution in [0.5, 0.6) is 0 Å². The molecule has 0 saturated heterocycles. The van der Waals surface area contributed by atoms with Crippen molar-refractivity contribution in [1.82, 2.24) is 4.98 Å². The summed E-state index contributed by atoms with van der Waals surface area (Å²) >= 11 is 0. The number of aliphatic hydroxyl groups is 1. The van der Waals surface area contributed by atoms with Crippen LogP contribution < -0.4 is 0 Å². The van der Waals surface area contributed by atoms with Crippen molar-refractivity contribution in [2.75, 3.05) is 0 Å². The molecule has 21 heavy (non-hydrogen) atoms. The van der Waals surface area contributed by atoms with Crippen LogP contribution in [0.4, 0.5) is 13.2 Å². The average Bonchev–Trinajstić information content (AvgIpc) is 2.33. The van der Waals surface area contributed by atoms with Gasteiger partial charge in [0.15, 0.2) is 8.32 Å². The van der Waals surface area contributed by atoms with E-state index in [0.717, 1.165) is 6.07 Å². The van der Waals surface area contributed by atoms with Crippen LogP contribution in [0.1, 0.15) is 37.7 Å². The minimum absolute atomic E-state index is 0.0212. The van der Waals surface area contributed by atoms with Crippen LogP contribution in [0, 0.1) is 0 Å². The Labute approximate surface area is 124 Å². The molecule has 1 heterocycles. The molecule has 0 spiro atoms. The molecule has 1 N–H and O–H groups in total. The van der Waals surface area contributed by atoms with Crippen molar-refractivity contribution < 1.29 is 22.7 Å². The largest absolute Gasteiger partial charge is 0.433 e. The number of hydrogen-bond acceptors (Lipinski definition) is 3. The van der Waals surface area contributed by atoms with Crippen molar-refractivity contribution in [3.8, 4) is 0 Å². The highest BCUT2D eigenvalue weighted by Gasteiger charge is 2.37. The number of hydrogen-bond donors (Lipinski definition) is 1. The van der Waals surface area contributed by atoms with E-state index in [1.54, 1.807) is 0 Å². The fourth-order valence-corrected chi connectivity index (χ4v) is 2.37. The third-order valence-corrected chi connectivity index (χ3v) is 8.28. The molecule has 0 atom stereocenters. The number of nitrogens with zero attached hydrogens (tertiary/aromatic N) is 1. The molecule has 0 aliphatic carbocycles. The normalized spacial score (nSPS) is 13.6. The van der Waals surface area contributed by atoms with E-state index in [9.17, 15) is 13.2 Å². The molecule has 0 aromatic carbocycles. The minimum atomic E-state index is -4.53. The Kier molecular flexibility index (Phi) is 5.23. The second-order valence-corrected chi connectivity index (χ2v) is 11.4. The summed E-state index contributed by atoms with van der Waals surface area (Å²) in [6, 6.07) is 2.30.